The van der Waals surface area contributed by atoms with E-state index in [4.69, 9.17) is 9.47 Å². The van der Waals surface area contributed by atoms with Crippen molar-refractivity contribution in [3.05, 3.63) is 40.8 Å². The third-order valence-corrected chi connectivity index (χ3v) is 5.10. The largest absolute Gasteiger partial charge is 0.497 e. The third kappa shape index (κ3) is 2.82. The van der Waals surface area contributed by atoms with Gasteiger partial charge < -0.3 is 9.47 Å². The second-order valence-electron chi connectivity index (χ2n) is 6.17. The van der Waals surface area contributed by atoms with E-state index in [1.165, 1.54) is 11.8 Å². The molecule has 0 spiro atoms. The van der Waals surface area contributed by atoms with Crippen LogP contribution in [0.2, 0.25) is 0 Å². The summed E-state index contributed by atoms with van der Waals surface area (Å²) in [6.45, 7) is 0. The van der Waals surface area contributed by atoms with Crippen LogP contribution in [0.25, 0.3) is 22.2 Å². The van der Waals surface area contributed by atoms with Crippen LogP contribution in [-0.4, -0.2) is 35.0 Å². The lowest BCUT2D eigenvalue weighted by molar-refractivity contribution is 0.404. The first-order valence-corrected chi connectivity index (χ1v) is 9.57. The van der Waals surface area contributed by atoms with Gasteiger partial charge in [-0.1, -0.05) is 11.8 Å². The first-order valence-electron chi connectivity index (χ1n) is 8.35. The van der Waals surface area contributed by atoms with Crippen LogP contribution in [0.1, 0.15) is 18.9 Å². The Bertz CT molecular complexity index is 1040. The Morgan fingerprint density at radius 3 is 2.62 bits per heavy atom. The number of pyridine rings is 1. The van der Waals surface area contributed by atoms with Crippen LogP contribution in [0, 0.1) is 0 Å². The zero-order chi connectivity index (χ0) is 18.3. The predicted molar refractivity (Wildman–Crippen MR) is 102 cm³/mol. The highest BCUT2D eigenvalue weighted by Crippen LogP contribution is 2.38. The van der Waals surface area contributed by atoms with Crippen molar-refractivity contribution in [2.24, 2.45) is 0 Å². The van der Waals surface area contributed by atoms with Crippen LogP contribution in [0.5, 0.6) is 11.5 Å². The molecule has 1 aliphatic rings. The maximum Gasteiger partial charge on any atom is 0.260 e. The number of fused-ring (bicyclic) bond motifs is 1. The summed E-state index contributed by atoms with van der Waals surface area (Å²) in [5, 5.41) is 1.51. The molecule has 0 amide bonds. The maximum absolute atomic E-state index is 13.3. The summed E-state index contributed by atoms with van der Waals surface area (Å²) in [6.07, 6.45) is 5.69. The lowest BCUT2D eigenvalue weighted by atomic mass is 10.0. The number of nitrogens with zero attached hydrogens (tertiary/aromatic N) is 3. The SMILES string of the molecule is COc1ccc(OC)c(-c2cc3cnc(SC)nc3n(C3CC3)c2=O)c1. The first-order chi connectivity index (χ1) is 12.7. The van der Waals surface area contributed by atoms with E-state index < -0.39 is 0 Å². The molecule has 1 aliphatic carbocycles. The van der Waals surface area contributed by atoms with Crippen molar-refractivity contribution < 1.29 is 9.47 Å². The summed E-state index contributed by atoms with van der Waals surface area (Å²) in [6, 6.07) is 7.50. The van der Waals surface area contributed by atoms with E-state index in [0.717, 1.165) is 18.2 Å². The van der Waals surface area contributed by atoms with Gasteiger partial charge in [-0.05, 0) is 43.4 Å². The zero-order valence-corrected chi connectivity index (χ0v) is 15.7. The van der Waals surface area contributed by atoms with Crippen LogP contribution in [0.3, 0.4) is 0 Å². The number of ether oxygens (including phenoxy) is 2. The Morgan fingerprint density at radius 1 is 1.15 bits per heavy atom. The standard InChI is InChI=1S/C19H19N3O3S/c1-24-13-6-7-16(25-2)14(9-13)15-8-11-10-20-19(26-3)21-17(11)22(18(15)23)12-4-5-12/h6-10,12H,4-5H2,1-3H3. The molecular weight excluding hydrogens is 350 g/mol. The van der Waals surface area contributed by atoms with Gasteiger partial charge in [0.25, 0.3) is 5.56 Å². The van der Waals surface area contributed by atoms with Crippen LogP contribution < -0.4 is 15.0 Å². The smallest absolute Gasteiger partial charge is 0.260 e. The summed E-state index contributed by atoms with van der Waals surface area (Å²) in [5.74, 6) is 1.30. The molecule has 1 saturated carbocycles. The van der Waals surface area contributed by atoms with Gasteiger partial charge in [0.05, 0.1) is 19.8 Å². The van der Waals surface area contributed by atoms with E-state index in [1.54, 1.807) is 20.4 Å². The van der Waals surface area contributed by atoms with Crippen LogP contribution in [-0.2, 0) is 0 Å². The molecule has 1 fully saturated rings. The average molecular weight is 369 g/mol. The van der Waals surface area contributed by atoms with E-state index in [0.29, 0.717) is 33.4 Å². The maximum atomic E-state index is 13.3. The number of hydrogen-bond acceptors (Lipinski definition) is 6. The van der Waals surface area contributed by atoms with E-state index >= 15 is 0 Å². The van der Waals surface area contributed by atoms with Gasteiger partial charge in [-0.3, -0.25) is 9.36 Å². The monoisotopic (exact) mass is 369 g/mol. The van der Waals surface area contributed by atoms with Crippen molar-refractivity contribution in [1.82, 2.24) is 14.5 Å². The van der Waals surface area contributed by atoms with Crippen molar-refractivity contribution in [2.75, 3.05) is 20.5 Å². The molecule has 0 saturated heterocycles. The van der Waals surface area contributed by atoms with Gasteiger partial charge in [0, 0.05) is 23.2 Å². The highest BCUT2D eigenvalue weighted by atomic mass is 32.2. The van der Waals surface area contributed by atoms with Crippen LogP contribution >= 0.6 is 11.8 Å². The van der Waals surface area contributed by atoms with Gasteiger partial charge in [-0.15, -0.1) is 0 Å². The minimum absolute atomic E-state index is 0.0580. The number of benzene rings is 1. The van der Waals surface area contributed by atoms with Crippen molar-refractivity contribution >= 4 is 22.8 Å². The number of hydrogen-bond donors (Lipinski definition) is 0. The van der Waals surface area contributed by atoms with Crippen molar-refractivity contribution in [1.29, 1.82) is 0 Å². The van der Waals surface area contributed by atoms with E-state index in [2.05, 4.69) is 9.97 Å². The summed E-state index contributed by atoms with van der Waals surface area (Å²) < 4.78 is 12.6. The normalized spacial score (nSPS) is 13.8. The lowest BCUT2D eigenvalue weighted by Crippen LogP contribution is -2.22. The van der Waals surface area contributed by atoms with Gasteiger partial charge in [-0.2, -0.15) is 0 Å². The van der Waals surface area contributed by atoms with Gasteiger partial charge in [0.15, 0.2) is 5.16 Å². The average Bonchev–Trinajstić information content (AvgIpc) is 3.51. The number of thioether (sulfide) groups is 1. The van der Waals surface area contributed by atoms with E-state index in [1.807, 2.05) is 35.1 Å². The second-order valence-corrected chi connectivity index (χ2v) is 6.94. The topological polar surface area (TPSA) is 66.2 Å². The molecule has 0 radical (unpaired) electrons. The second kappa shape index (κ2) is 6.64. The quantitative estimate of drug-likeness (QED) is 0.506. The summed E-state index contributed by atoms with van der Waals surface area (Å²) in [5.41, 5.74) is 1.92. The van der Waals surface area contributed by atoms with Crippen molar-refractivity contribution in [3.8, 4) is 22.6 Å². The summed E-state index contributed by atoms with van der Waals surface area (Å²) >= 11 is 1.47. The third-order valence-electron chi connectivity index (χ3n) is 4.54. The molecule has 134 valence electrons. The van der Waals surface area contributed by atoms with Gasteiger partial charge in [0.1, 0.15) is 17.1 Å². The molecule has 4 rings (SSSR count). The highest BCUT2D eigenvalue weighted by Gasteiger charge is 2.29. The minimum Gasteiger partial charge on any atom is -0.497 e. The fraction of sp³-hybridized carbons (Fsp3) is 0.316. The molecule has 0 bridgehead atoms. The molecule has 26 heavy (non-hydrogen) atoms. The highest BCUT2D eigenvalue weighted by molar-refractivity contribution is 7.98. The summed E-state index contributed by atoms with van der Waals surface area (Å²) in [7, 11) is 3.20. The zero-order valence-electron chi connectivity index (χ0n) is 14.9. The molecule has 2 heterocycles. The molecule has 0 N–H and O–H groups in total. The fourth-order valence-corrected chi connectivity index (χ4v) is 3.43. The molecule has 2 aromatic heterocycles. The fourth-order valence-electron chi connectivity index (χ4n) is 3.09. The molecular formula is C19H19N3O3S. The van der Waals surface area contributed by atoms with E-state index in [-0.39, 0.29) is 11.6 Å². The Hall–Kier alpha value is -2.54. The predicted octanol–water partition coefficient (Wildman–Crippen LogP) is 3.53. The molecule has 0 unspecified atom stereocenters. The number of methoxy groups -OCH3 is 2. The molecule has 0 aliphatic heterocycles. The Balaban J connectivity index is 2.03. The molecule has 1 aromatic carbocycles. The van der Waals surface area contributed by atoms with Crippen LogP contribution in [0.15, 0.2) is 40.4 Å². The molecule has 3 aromatic rings. The number of aromatic nitrogens is 3. The molecule has 6 nitrogen and oxygen atoms in total. The van der Waals surface area contributed by atoms with Gasteiger partial charge in [-0.25, -0.2) is 9.97 Å². The van der Waals surface area contributed by atoms with Crippen LogP contribution in [0.4, 0.5) is 0 Å². The summed E-state index contributed by atoms with van der Waals surface area (Å²) in [4.78, 5) is 22.3. The lowest BCUT2D eigenvalue weighted by Gasteiger charge is -2.14. The van der Waals surface area contributed by atoms with Gasteiger partial charge in [0.2, 0.25) is 0 Å². The van der Waals surface area contributed by atoms with E-state index in [9.17, 15) is 4.79 Å². The Kier molecular flexibility index (Phi) is 4.32. The first kappa shape index (κ1) is 16.9. The molecule has 0 atom stereocenters. The van der Waals surface area contributed by atoms with Gasteiger partial charge >= 0.3 is 0 Å². The van der Waals surface area contributed by atoms with Crippen molar-refractivity contribution in [2.45, 2.75) is 24.0 Å². The Morgan fingerprint density at radius 2 is 1.96 bits per heavy atom. The number of rotatable bonds is 5. The molecule has 7 heteroatoms. The minimum atomic E-state index is -0.0580. The Labute approximate surface area is 155 Å². The van der Waals surface area contributed by atoms with Crippen molar-refractivity contribution in [3.63, 3.8) is 0 Å².